The lowest BCUT2D eigenvalue weighted by Crippen LogP contribution is -2.36. The second kappa shape index (κ2) is 7.79. The van der Waals surface area contributed by atoms with Crippen molar-refractivity contribution in [1.29, 1.82) is 0 Å². The Morgan fingerprint density at radius 3 is 2.57 bits per heavy atom. The maximum Gasteiger partial charge on any atom is 0.244 e. The quantitative estimate of drug-likeness (QED) is 0.761. The maximum atomic E-state index is 12.7. The van der Waals surface area contributed by atoms with Crippen molar-refractivity contribution >= 4 is 15.8 Å². The average Bonchev–Trinajstić information content (AvgIpc) is 3.40. The van der Waals surface area contributed by atoms with Crippen molar-refractivity contribution in [1.82, 2.24) is 24.1 Å². The standard InChI is InChI=1S/C19H28N6O2S/c1-15(2)25-14-21-22-19(25)16-6-5-9-23(13-16)18-8-7-17(12-20-18)28(26,27)24-10-3-4-11-24/h7-8,12,14-16H,3-6,9-11,13H2,1-2H3. The highest BCUT2D eigenvalue weighted by atomic mass is 32.2. The van der Waals surface area contributed by atoms with Gasteiger partial charge < -0.3 is 9.47 Å². The molecule has 0 radical (unpaired) electrons. The zero-order valence-corrected chi connectivity index (χ0v) is 17.3. The molecule has 0 amide bonds. The third-order valence-electron chi connectivity index (χ3n) is 5.69. The predicted molar refractivity (Wildman–Crippen MR) is 107 cm³/mol. The average molecular weight is 405 g/mol. The second-order valence-corrected chi connectivity index (χ2v) is 9.88. The summed E-state index contributed by atoms with van der Waals surface area (Å²) in [6.45, 7) is 7.21. The van der Waals surface area contributed by atoms with Crippen molar-refractivity contribution in [2.75, 3.05) is 31.1 Å². The summed E-state index contributed by atoms with van der Waals surface area (Å²) in [6.07, 6.45) is 7.29. The molecule has 4 rings (SSSR count). The van der Waals surface area contributed by atoms with Gasteiger partial charge in [-0.15, -0.1) is 10.2 Å². The summed E-state index contributed by atoms with van der Waals surface area (Å²) in [7, 11) is -3.42. The largest absolute Gasteiger partial charge is 0.356 e. The van der Waals surface area contributed by atoms with E-state index in [1.165, 1.54) is 6.20 Å². The van der Waals surface area contributed by atoms with Crippen molar-refractivity contribution in [3.05, 3.63) is 30.5 Å². The van der Waals surface area contributed by atoms with Crippen molar-refractivity contribution in [2.24, 2.45) is 0 Å². The Balaban J connectivity index is 1.50. The zero-order valence-electron chi connectivity index (χ0n) is 16.5. The Hall–Kier alpha value is -2.00. The Bertz CT molecular complexity index is 903. The van der Waals surface area contributed by atoms with E-state index < -0.39 is 10.0 Å². The maximum absolute atomic E-state index is 12.7. The summed E-state index contributed by atoms with van der Waals surface area (Å²) in [5.41, 5.74) is 0. The Morgan fingerprint density at radius 2 is 1.89 bits per heavy atom. The predicted octanol–water partition coefficient (Wildman–Crippen LogP) is 2.42. The van der Waals surface area contributed by atoms with Gasteiger partial charge in [-0.05, 0) is 51.7 Å². The number of nitrogens with zero attached hydrogens (tertiary/aromatic N) is 6. The number of rotatable bonds is 5. The molecule has 2 aliphatic rings. The molecule has 0 spiro atoms. The Labute approximate surface area is 166 Å². The lowest BCUT2D eigenvalue weighted by Gasteiger charge is -2.33. The summed E-state index contributed by atoms with van der Waals surface area (Å²) in [5, 5.41) is 8.46. The summed E-state index contributed by atoms with van der Waals surface area (Å²) < 4.78 is 29.1. The Morgan fingerprint density at radius 1 is 1.11 bits per heavy atom. The molecule has 2 saturated heterocycles. The summed E-state index contributed by atoms with van der Waals surface area (Å²) >= 11 is 0. The fraction of sp³-hybridized carbons (Fsp3) is 0.632. The number of hydrogen-bond donors (Lipinski definition) is 0. The second-order valence-electron chi connectivity index (χ2n) is 7.94. The molecular weight excluding hydrogens is 376 g/mol. The van der Waals surface area contributed by atoms with Crippen LogP contribution >= 0.6 is 0 Å². The highest BCUT2D eigenvalue weighted by molar-refractivity contribution is 7.89. The number of pyridine rings is 1. The van der Waals surface area contributed by atoms with Gasteiger partial charge in [-0.3, -0.25) is 0 Å². The molecule has 8 nitrogen and oxygen atoms in total. The molecule has 2 aliphatic heterocycles. The van der Waals surface area contributed by atoms with Gasteiger partial charge in [0.25, 0.3) is 0 Å². The van der Waals surface area contributed by atoms with E-state index in [1.54, 1.807) is 16.7 Å². The minimum absolute atomic E-state index is 0.284. The molecule has 2 fully saturated rings. The highest BCUT2D eigenvalue weighted by Gasteiger charge is 2.29. The van der Waals surface area contributed by atoms with E-state index in [4.69, 9.17) is 0 Å². The van der Waals surface area contributed by atoms with Crippen LogP contribution < -0.4 is 4.90 Å². The van der Waals surface area contributed by atoms with Crippen molar-refractivity contribution < 1.29 is 8.42 Å². The topological polar surface area (TPSA) is 84.2 Å². The molecule has 0 saturated carbocycles. The van der Waals surface area contributed by atoms with Crippen molar-refractivity contribution in [2.45, 2.75) is 56.4 Å². The number of sulfonamides is 1. The van der Waals surface area contributed by atoms with Crippen LogP contribution in [0, 0.1) is 0 Å². The first-order valence-corrected chi connectivity index (χ1v) is 11.5. The molecule has 9 heteroatoms. The van der Waals surface area contributed by atoms with E-state index in [-0.39, 0.29) is 4.90 Å². The van der Waals surface area contributed by atoms with Crippen LogP contribution in [0.1, 0.15) is 57.3 Å². The van der Waals surface area contributed by atoms with Crippen LogP contribution in [0.4, 0.5) is 5.82 Å². The first-order chi connectivity index (χ1) is 13.5. The molecule has 1 unspecified atom stereocenters. The third kappa shape index (κ3) is 3.65. The van der Waals surface area contributed by atoms with Gasteiger partial charge in [-0.2, -0.15) is 4.31 Å². The Kier molecular flexibility index (Phi) is 5.37. The van der Waals surface area contributed by atoms with Crippen molar-refractivity contribution in [3.8, 4) is 0 Å². The molecular formula is C19H28N6O2S. The van der Waals surface area contributed by atoms with E-state index in [0.717, 1.165) is 50.4 Å². The molecule has 1 atom stereocenters. The fourth-order valence-corrected chi connectivity index (χ4v) is 5.59. The molecule has 28 heavy (non-hydrogen) atoms. The minimum atomic E-state index is -3.42. The zero-order chi connectivity index (χ0) is 19.7. The molecule has 2 aromatic heterocycles. The van der Waals surface area contributed by atoms with Crippen LogP contribution in [0.5, 0.6) is 0 Å². The molecule has 0 N–H and O–H groups in total. The number of hydrogen-bond acceptors (Lipinski definition) is 6. The SMILES string of the molecule is CC(C)n1cnnc1C1CCCN(c2ccc(S(=O)(=O)N3CCCC3)cn2)C1. The van der Waals surface area contributed by atoms with Crippen LogP contribution in [0.3, 0.4) is 0 Å². The molecule has 4 heterocycles. The monoisotopic (exact) mass is 404 g/mol. The molecule has 2 aromatic rings. The normalized spacial score (nSPS) is 21.5. The lowest BCUT2D eigenvalue weighted by atomic mass is 9.97. The number of piperidine rings is 1. The van der Waals surface area contributed by atoms with Gasteiger partial charge in [-0.1, -0.05) is 0 Å². The van der Waals surface area contributed by atoms with Crippen LogP contribution in [0.25, 0.3) is 0 Å². The first-order valence-electron chi connectivity index (χ1n) is 10.1. The smallest absolute Gasteiger partial charge is 0.244 e. The van der Waals surface area contributed by atoms with Crippen molar-refractivity contribution in [3.63, 3.8) is 0 Å². The van der Waals surface area contributed by atoms with Gasteiger partial charge in [0.15, 0.2) is 0 Å². The first kappa shape index (κ1) is 19.3. The lowest BCUT2D eigenvalue weighted by molar-refractivity contribution is 0.453. The summed E-state index contributed by atoms with van der Waals surface area (Å²) in [5.74, 6) is 2.14. The van der Waals surface area contributed by atoms with Crippen LogP contribution in [0.15, 0.2) is 29.6 Å². The van der Waals surface area contributed by atoms with Crippen LogP contribution in [-0.4, -0.2) is 58.7 Å². The van der Waals surface area contributed by atoms with Gasteiger partial charge in [0.05, 0.1) is 0 Å². The summed E-state index contributed by atoms with van der Waals surface area (Å²) in [6, 6.07) is 3.85. The van der Waals surface area contributed by atoms with Gasteiger partial charge >= 0.3 is 0 Å². The van der Waals surface area contributed by atoms with Crippen LogP contribution in [0.2, 0.25) is 0 Å². The van der Waals surface area contributed by atoms with E-state index in [1.807, 2.05) is 6.07 Å². The number of aromatic nitrogens is 4. The summed E-state index contributed by atoms with van der Waals surface area (Å²) in [4.78, 5) is 7.00. The van der Waals surface area contributed by atoms with Gasteiger partial charge in [0.1, 0.15) is 22.9 Å². The fourth-order valence-electron chi connectivity index (χ4n) is 4.13. The van der Waals surface area contributed by atoms with Gasteiger partial charge in [0, 0.05) is 44.3 Å². The molecule has 0 bridgehead atoms. The van der Waals surface area contributed by atoms with Gasteiger partial charge in [0.2, 0.25) is 10.0 Å². The van der Waals surface area contributed by atoms with E-state index in [2.05, 4.69) is 38.5 Å². The van der Waals surface area contributed by atoms with E-state index in [0.29, 0.717) is 25.0 Å². The minimum Gasteiger partial charge on any atom is -0.356 e. The van der Waals surface area contributed by atoms with E-state index in [9.17, 15) is 8.42 Å². The molecule has 152 valence electrons. The molecule has 0 aromatic carbocycles. The van der Waals surface area contributed by atoms with Gasteiger partial charge in [-0.25, -0.2) is 13.4 Å². The highest BCUT2D eigenvalue weighted by Crippen LogP contribution is 2.30. The third-order valence-corrected chi connectivity index (χ3v) is 7.57. The van der Waals surface area contributed by atoms with Crippen LogP contribution in [-0.2, 0) is 10.0 Å². The van der Waals surface area contributed by atoms with E-state index >= 15 is 0 Å². The molecule has 0 aliphatic carbocycles. The number of anilines is 1.